The van der Waals surface area contributed by atoms with Crippen LogP contribution in [-0.4, -0.2) is 28.7 Å². The molecular formula is C18H15F3N2O5S. The average molecular weight is 428 g/mol. The van der Waals surface area contributed by atoms with Gasteiger partial charge in [-0.1, -0.05) is 18.2 Å². The number of amides is 1. The molecular weight excluding hydrogens is 413 g/mol. The van der Waals surface area contributed by atoms with E-state index in [0.29, 0.717) is 6.07 Å². The summed E-state index contributed by atoms with van der Waals surface area (Å²) in [6, 6.07) is 10.9. The molecule has 0 saturated carbocycles. The molecule has 0 aromatic heterocycles. The Kier molecular flexibility index (Phi) is 7.21. The van der Waals surface area contributed by atoms with Gasteiger partial charge < -0.3 is 10.1 Å². The molecule has 29 heavy (non-hydrogen) atoms. The fraction of sp³-hybridized carbons (Fsp3) is 0.222. The van der Waals surface area contributed by atoms with Gasteiger partial charge in [0.25, 0.3) is 11.6 Å². The molecule has 1 N–H and O–H groups in total. The Morgan fingerprint density at radius 1 is 1.21 bits per heavy atom. The zero-order valence-corrected chi connectivity index (χ0v) is 15.8. The van der Waals surface area contributed by atoms with Crippen LogP contribution < -0.4 is 5.32 Å². The van der Waals surface area contributed by atoms with E-state index >= 15 is 0 Å². The SMILES string of the molecule is CC(OC(=O)CSc1ccccc1)C(=O)Nc1ccc([N+](=O)[O-])cc1C(F)(F)F. The molecule has 1 unspecified atom stereocenters. The first-order valence-electron chi connectivity index (χ1n) is 8.11. The smallest absolute Gasteiger partial charge is 0.418 e. The number of hydrogen-bond donors (Lipinski definition) is 1. The molecule has 0 bridgehead atoms. The predicted molar refractivity (Wildman–Crippen MR) is 99.4 cm³/mol. The number of benzene rings is 2. The van der Waals surface area contributed by atoms with Gasteiger partial charge in [-0.15, -0.1) is 11.8 Å². The van der Waals surface area contributed by atoms with E-state index in [1.807, 2.05) is 11.4 Å². The number of halogens is 3. The lowest BCUT2D eigenvalue weighted by Gasteiger charge is -2.16. The maximum absolute atomic E-state index is 13.2. The van der Waals surface area contributed by atoms with Gasteiger partial charge in [0.2, 0.25) is 0 Å². The number of carbonyl (C=O) groups is 2. The number of ether oxygens (including phenoxy) is 1. The normalized spacial score (nSPS) is 12.1. The number of alkyl halides is 3. The lowest BCUT2D eigenvalue weighted by molar-refractivity contribution is -0.385. The Morgan fingerprint density at radius 2 is 1.86 bits per heavy atom. The minimum Gasteiger partial charge on any atom is -0.452 e. The summed E-state index contributed by atoms with van der Waals surface area (Å²) >= 11 is 1.18. The van der Waals surface area contributed by atoms with Crippen LogP contribution in [0.1, 0.15) is 12.5 Å². The third-order valence-electron chi connectivity index (χ3n) is 3.55. The average Bonchev–Trinajstić information content (AvgIpc) is 2.66. The molecule has 0 fully saturated rings. The number of anilines is 1. The summed E-state index contributed by atoms with van der Waals surface area (Å²) in [7, 11) is 0. The van der Waals surface area contributed by atoms with E-state index < -0.39 is 46.0 Å². The number of nitrogens with one attached hydrogen (secondary N) is 1. The molecule has 0 spiro atoms. The van der Waals surface area contributed by atoms with Crippen molar-refractivity contribution in [1.82, 2.24) is 0 Å². The van der Waals surface area contributed by atoms with Gasteiger partial charge in [-0.3, -0.25) is 19.7 Å². The van der Waals surface area contributed by atoms with Crippen LogP contribution in [0.2, 0.25) is 0 Å². The van der Waals surface area contributed by atoms with Crippen LogP contribution in [0, 0.1) is 10.1 Å². The van der Waals surface area contributed by atoms with Gasteiger partial charge in [-0.25, -0.2) is 0 Å². The van der Waals surface area contributed by atoms with Crippen molar-refractivity contribution in [1.29, 1.82) is 0 Å². The number of rotatable bonds is 7. The van der Waals surface area contributed by atoms with Crippen molar-refractivity contribution in [2.75, 3.05) is 11.1 Å². The molecule has 0 heterocycles. The van der Waals surface area contributed by atoms with Gasteiger partial charge in [0.05, 0.1) is 21.9 Å². The van der Waals surface area contributed by atoms with E-state index in [0.717, 1.165) is 17.0 Å². The van der Waals surface area contributed by atoms with Crippen LogP contribution in [0.3, 0.4) is 0 Å². The molecule has 154 valence electrons. The quantitative estimate of drug-likeness (QED) is 0.306. The molecule has 0 aliphatic rings. The summed E-state index contributed by atoms with van der Waals surface area (Å²) in [5, 5.41) is 12.7. The maximum atomic E-state index is 13.2. The van der Waals surface area contributed by atoms with Gasteiger partial charge in [0.15, 0.2) is 6.10 Å². The van der Waals surface area contributed by atoms with Gasteiger partial charge in [0.1, 0.15) is 0 Å². The highest BCUT2D eigenvalue weighted by molar-refractivity contribution is 8.00. The lowest BCUT2D eigenvalue weighted by Crippen LogP contribution is -2.31. The Hall–Kier alpha value is -3.08. The third kappa shape index (κ3) is 6.49. The molecule has 2 rings (SSSR count). The lowest BCUT2D eigenvalue weighted by atomic mass is 10.1. The highest BCUT2D eigenvalue weighted by Crippen LogP contribution is 2.37. The Bertz CT molecular complexity index is 906. The van der Waals surface area contributed by atoms with E-state index in [4.69, 9.17) is 4.74 Å². The monoisotopic (exact) mass is 428 g/mol. The number of carbonyl (C=O) groups excluding carboxylic acids is 2. The van der Waals surface area contributed by atoms with E-state index in [9.17, 15) is 32.9 Å². The Labute approximate surface area is 167 Å². The van der Waals surface area contributed by atoms with Gasteiger partial charge in [-0.2, -0.15) is 13.2 Å². The second-order valence-corrected chi connectivity index (χ2v) is 6.76. The van der Waals surface area contributed by atoms with Gasteiger partial charge in [0, 0.05) is 17.0 Å². The minimum atomic E-state index is -4.93. The molecule has 1 amide bonds. The van der Waals surface area contributed by atoms with E-state index in [-0.39, 0.29) is 5.75 Å². The van der Waals surface area contributed by atoms with Crippen molar-refractivity contribution in [2.45, 2.75) is 24.1 Å². The topological polar surface area (TPSA) is 98.5 Å². The molecule has 1 atom stereocenters. The van der Waals surface area contributed by atoms with E-state index in [2.05, 4.69) is 0 Å². The van der Waals surface area contributed by atoms with Crippen LogP contribution in [0.4, 0.5) is 24.5 Å². The first-order valence-corrected chi connectivity index (χ1v) is 9.10. The molecule has 0 aliphatic heterocycles. The van der Waals surface area contributed by atoms with Crippen molar-refractivity contribution < 1.29 is 32.4 Å². The molecule has 2 aromatic carbocycles. The second kappa shape index (κ2) is 9.41. The Balaban J connectivity index is 2.01. The highest BCUT2D eigenvalue weighted by atomic mass is 32.2. The van der Waals surface area contributed by atoms with Crippen LogP contribution >= 0.6 is 11.8 Å². The number of nitrogens with zero attached hydrogens (tertiary/aromatic N) is 1. The highest BCUT2D eigenvalue weighted by Gasteiger charge is 2.36. The summed E-state index contributed by atoms with van der Waals surface area (Å²) < 4.78 is 44.4. The summed E-state index contributed by atoms with van der Waals surface area (Å²) in [6.07, 6.45) is -6.30. The number of thioether (sulfide) groups is 1. The standard InChI is InChI=1S/C18H15F3N2O5S/c1-11(28-16(24)10-29-13-5-3-2-4-6-13)17(25)22-15-8-7-12(23(26)27)9-14(15)18(19,20)21/h2-9,11H,10H2,1H3,(H,22,25). The van der Waals surface area contributed by atoms with Crippen molar-refractivity contribution in [3.05, 3.63) is 64.2 Å². The molecule has 0 saturated heterocycles. The number of esters is 1. The summed E-state index contributed by atoms with van der Waals surface area (Å²) in [4.78, 5) is 34.5. The van der Waals surface area contributed by atoms with Crippen LogP contribution in [0.15, 0.2) is 53.4 Å². The molecule has 11 heteroatoms. The Morgan fingerprint density at radius 3 is 2.45 bits per heavy atom. The molecule has 2 aromatic rings. The first-order chi connectivity index (χ1) is 13.6. The number of nitro groups is 1. The number of non-ortho nitro benzene ring substituents is 1. The summed E-state index contributed by atoms with van der Waals surface area (Å²) in [5.74, 6) is -1.81. The van der Waals surface area contributed by atoms with E-state index in [1.54, 1.807) is 24.3 Å². The third-order valence-corrected chi connectivity index (χ3v) is 4.54. The van der Waals surface area contributed by atoms with Crippen LogP contribution in [-0.2, 0) is 20.5 Å². The fourth-order valence-electron chi connectivity index (χ4n) is 2.17. The first kappa shape index (κ1) is 22.2. The van der Waals surface area contributed by atoms with Crippen molar-refractivity contribution in [2.24, 2.45) is 0 Å². The summed E-state index contributed by atoms with van der Waals surface area (Å²) in [5.41, 5.74) is -2.82. The molecule has 7 nitrogen and oxygen atoms in total. The molecule has 0 aliphatic carbocycles. The van der Waals surface area contributed by atoms with E-state index in [1.165, 1.54) is 18.7 Å². The maximum Gasteiger partial charge on any atom is 0.418 e. The zero-order valence-electron chi connectivity index (χ0n) is 14.9. The molecule has 0 radical (unpaired) electrons. The predicted octanol–water partition coefficient (Wildman–Crippen LogP) is 4.28. The number of nitro benzene ring substituents is 1. The summed E-state index contributed by atoms with van der Waals surface area (Å²) in [6.45, 7) is 1.21. The zero-order chi connectivity index (χ0) is 21.6. The van der Waals surface area contributed by atoms with Crippen LogP contribution in [0.25, 0.3) is 0 Å². The number of hydrogen-bond acceptors (Lipinski definition) is 6. The van der Waals surface area contributed by atoms with Crippen molar-refractivity contribution >= 4 is 35.0 Å². The largest absolute Gasteiger partial charge is 0.452 e. The van der Waals surface area contributed by atoms with Gasteiger partial charge >= 0.3 is 12.1 Å². The van der Waals surface area contributed by atoms with Crippen molar-refractivity contribution in [3.63, 3.8) is 0 Å². The minimum absolute atomic E-state index is 0.0903. The van der Waals surface area contributed by atoms with Gasteiger partial charge in [-0.05, 0) is 25.1 Å². The fourth-order valence-corrected chi connectivity index (χ4v) is 2.87. The van der Waals surface area contributed by atoms with Crippen molar-refractivity contribution in [3.8, 4) is 0 Å². The van der Waals surface area contributed by atoms with Crippen LogP contribution in [0.5, 0.6) is 0 Å². The second-order valence-electron chi connectivity index (χ2n) is 5.71.